The van der Waals surface area contributed by atoms with Gasteiger partial charge in [0.05, 0.1) is 0 Å². The van der Waals surface area contributed by atoms with E-state index in [4.69, 9.17) is 11.5 Å². The Morgan fingerprint density at radius 3 is 1.17 bits per heavy atom. The maximum Gasteiger partial charge on any atom is 0.433 e. The number of hydrogen-bond donors (Lipinski definition) is 2. The van der Waals surface area contributed by atoms with Crippen LogP contribution in [0.25, 0.3) is 0 Å². The van der Waals surface area contributed by atoms with Gasteiger partial charge in [-0.15, -0.1) is 0 Å². The fraction of sp³-hybridized carbons (Fsp3) is 0.294. The summed E-state index contributed by atoms with van der Waals surface area (Å²) < 4.78 is 140. The molecule has 0 aliphatic carbocycles. The third-order valence-electron chi connectivity index (χ3n) is 4.19. The van der Waals surface area contributed by atoms with Gasteiger partial charge >= 0.3 is 23.9 Å². The largest absolute Gasteiger partial charge is 0.433 e. The van der Waals surface area contributed by atoms with Gasteiger partial charge < -0.3 is 11.5 Å². The molecular weight excluding hydrogens is 422 g/mol. The monoisotopic (exact) mass is 434 g/mol. The predicted molar refractivity (Wildman–Crippen MR) is 84.3 cm³/mol. The molecule has 0 aliphatic heterocycles. The molecule has 29 heavy (non-hydrogen) atoms. The van der Waals surface area contributed by atoms with E-state index >= 15 is 0 Å². The second-order valence-electron chi connectivity index (χ2n) is 6.12. The third-order valence-corrected chi connectivity index (χ3v) is 4.19. The van der Waals surface area contributed by atoms with E-state index in [1.165, 1.54) is 0 Å². The lowest BCUT2D eigenvalue weighted by molar-refractivity contribution is -0.397. The lowest BCUT2D eigenvalue weighted by Crippen LogP contribution is -2.65. The molecule has 0 fully saturated rings. The van der Waals surface area contributed by atoms with Crippen molar-refractivity contribution in [3.05, 3.63) is 59.7 Å². The Morgan fingerprint density at radius 2 is 0.828 bits per heavy atom. The molecule has 0 spiro atoms. The Morgan fingerprint density at radius 1 is 0.483 bits per heavy atom. The molecule has 0 bridgehead atoms. The van der Waals surface area contributed by atoms with Gasteiger partial charge in [-0.25, -0.2) is 4.39 Å². The molecule has 0 aromatic heterocycles. The molecule has 12 heteroatoms. The number of halogens is 10. The zero-order chi connectivity index (χ0) is 22.5. The van der Waals surface area contributed by atoms with Crippen LogP contribution in [0.4, 0.5) is 55.3 Å². The number of benzene rings is 2. The van der Waals surface area contributed by atoms with E-state index in [0.717, 1.165) is 0 Å². The average molecular weight is 434 g/mol. The Labute approximate surface area is 157 Å². The van der Waals surface area contributed by atoms with E-state index in [1.54, 1.807) is 0 Å². The van der Waals surface area contributed by atoms with Crippen LogP contribution in [0.1, 0.15) is 11.1 Å². The van der Waals surface area contributed by atoms with Crippen LogP contribution in [0.15, 0.2) is 48.5 Å². The van der Waals surface area contributed by atoms with Gasteiger partial charge in [0, 0.05) is 22.5 Å². The molecule has 1 unspecified atom stereocenters. The van der Waals surface area contributed by atoms with E-state index in [0.29, 0.717) is 24.3 Å². The van der Waals surface area contributed by atoms with Crippen molar-refractivity contribution in [3.63, 3.8) is 0 Å². The van der Waals surface area contributed by atoms with Gasteiger partial charge in [0.25, 0.3) is 5.67 Å². The molecule has 0 saturated carbocycles. The molecule has 0 amide bonds. The minimum absolute atomic E-state index is 0.0637. The number of anilines is 2. The Bertz CT molecular complexity index is 859. The molecule has 2 rings (SSSR count). The zero-order valence-corrected chi connectivity index (χ0v) is 14.1. The fourth-order valence-corrected chi connectivity index (χ4v) is 2.52. The molecule has 0 radical (unpaired) electrons. The second kappa shape index (κ2) is 6.70. The summed E-state index contributed by atoms with van der Waals surface area (Å²) in [6.07, 6.45) is -6.69. The summed E-state index contributed by atoms with van der Waals surface area (Å²) >= 11 is 0. The average Bonchev–Trinajstić information content (AvgIpc) is 2.60. The summed E-state index contributed by atoms with van der Waals surface area (Å²) in [6.45, 7) is 0. The first-order valence-corrected chi connectivity index (χ1v) is 7.61. The topological polar surface area (TPSA) is 52.0 Å². The standard InChI is InChI=1S/C17H12F10N2/c18-13(17(25,26)27,9-1-5-11(28)6-2-9)15(21,22)16(23,24)14(19,20)10-3-7-12(29)8-4-10/h1-8H,28-29H2. The number of rotatable bonds is 5. The number of alkyl halides is 10. The summed E-state index contributed by atoms with van der Waals surface area (Å²) in [4.78, 5) is 0. The van der Waals surface area contributed by atoms with Gasteiger partial charge in [-0.2, -0.15) is 39.5 Å². The first-order valence-electron chi connectivity index (χ1n) is 7.61. The molecule has 0 aliphatic rings. The van der Waals surface area contributed by atoms with Crippen molar-refractivity contribution >= 4 is 11.4 Å². The summed E-state index contributed by atoms with van der Waals surface area (Å²) in [6, 6.07) is 2.91. The van der Waals surface area contributed by atoms with Crippen molar-refractivity contribution in [1.82, 2.24) is 0 Å². The third kappa shape index (κ3) is 3.23. The van der Waals surface area contributed by atoms with Gasteiger partial charge in [-0.1, -0.05) is 24.3 Å². The zero-order valence-electron chi connectivity index (χ0n) is 14.1. The molecule has 0 saturated heterocycles. The van der Waals surface area contributed by atoms with Crippen LogP contribution < -0.4 is 11.5 Å². The second-order valence-corrected chi connectivity index (χ2v) is 6.12. The number of hydrogen-bond acceptors (Lipinski definition) is 2. The van der Waals surface area contributed by atoms with Crippen molar-refractivity contribution in [2.75, 3.05) is 11.5 Å². The minimum Gasteiger partial charge on any atom is -0.399 e. The van der Waals surface area contributed by atoms with E-state index in [1.807, 2.05) is 0 Å². The molecule has 2 aromatic carbocycles. The summed E-state index contributed by atoms with van der Waals surface area (Å²) in [5.41, 5.74) is -0.129. The van der Waals surface area contributed by atoms with Crippen LogP contribution >= 0.6 is 0 Å². The molecule has 1 atom stereocenters. The van der Waals surface area contributed by atoms with Crippen LogP contribution in [0.5, 0.6) is 0 Å². The first-order chi connectivity index (χ1) is 13.0. The Hall–Kier alpha value is -2.66. The van der Waals surface area contributed by atoms with Crippen molar-refractivity contribution in [1.29, 1.82) is 0 Å². The first kappa shape index (κ1) is 22.6. The van der Waals surface area contributed by atoms with Gasteiger partial charge in [0.15, 0.2) is 0 Å². The molecule has 2 aromatic rings. The summed E-state index contributed by atoms with van der Waals surface area (Å²) in [7, 11) is 0. The quantitative estimate of drug-likeness (QED) is 0.473. The van der Waals surface area contributed by atoms with Crippen molar-refractivity contribution in [2.45, 2.75) is 29.6 Å². The van der Waals surface area contributed by atoms with Crippen LogP contribution in [0.2, 0.25) is 0 Å². The Balaban J connectivity index is 2.72. The highest BCUT2D eigenvalue weighted by atomic mass is 19.4. The van der Waals surface area contributed by atoms with Crippen LogP contribution in [0, 0.1) is 0 Å². The summed E-state index contributed by atoms with van der Waals surface area (Å²) in [5, 5.41) is 0. The molecule has 160 valence electrons. The van der Waals surface area contributed by atoms with E-state index in [2.05, 4.69) is 0 Å². The Kier molecular flexibility index (Phi) is 5.23. The van der Waals surface area contributed by atoms with E-state index in [-0.39, 0.29) is 35.6 Å². The lowest BCUT2D eigenvalue weighted by Gasteiger charge is -2.41. The fourth-order valence-electron chi connectivity index (χ4n) is 2.52. The lowest BCUT2D eigenvalue weighted by atomic mass is 9.81. The van der Waals surface area contributed by atoms with Crippen molar-refractivity contribution in [3.8, 4) is 0 Å². The SMILES string of the molecule is Nc1ccc(C(F)(F)C(F)(F)C(F)(F)C(F)(c2ccc(N)cc2)C(F)(F)F)cc1. The van der Waals surface area contributed by atoms with Gasteiger partial charge in [-0.3, -0.25) is 0 Å². The highest BCUT2D eigenvalue weighted by Gasteiger charge is 2.86. The normalized spacial score (nSPS) is 15.8. The predicted octanol–water partition coefficient (Wildman–Crippen LogP) is 5.64. The van der Waals surface area contributed by atoms with Crippen LogP contribution in [-0.4, -0.2) is 18.0 Å². The van der Waals surface area contributed by atoms with Gasteiger partial charge in [-0.05, 0) is 24.3 Å². The minimum atomic E-state index is -6.93. The number of nitrogen functional groups attached to an aromatic ring is 2. The smallest absolute Gasteiger partial charge is 0.399 e. The van der Waals surface area contributed by atoms with Crippen molar-refractivity contribution < 1.29 is 43.9 Å². The van der Waals surface area contributed by atoms with Crippen LogP contribution in [0.3, 0.4) is 0 Å². The maximum absolute atomic E-state index is 14.8. The van der Waals surface area contributed by atoms with Gasteiger partial charge in [0.1, 0.15) is 0 Å². The molecular formula is C17H12F10N2. The maximum atomic E-state index is 14.8. The van der Waals surface area contributed by atoms with E-state index < -0.39 is 40.7 Å². The van der Waals surface area contributed by atoms with Crippen molar-refractivity contribution in [2.24, 2.45) is 0 Å². The molecule has 4 N–H and O–H groups in total. The highest BCUT2D eigenvalue weighted by Crippen LogP contribution is 2.62. The van der Waals surface area contributed by atoms with Crippen LogP contribution in [-0.2, 0) is 11.6 Å². The molecule has 0 heterocycles. The highest BCUT2D eigenvalue weighted by molar-refractivity contribution is 5.44. The van der Waals surface area contributed by atoms with E-state index in [9.17, 15) is 43.9 Å². The molecule has 2 nitrogen and oxygen atoms in total. The number of nitrogens with two attached hydrogens (primary N) is 2. The summed E-state index contributed by atoms with van der Waals surface area (Å²) in [5.74, 6) is -19.6. The van der Waals surface area contributed by atoms with Gasteiger partial charge in [0.2, 0.25) is 0 Å².